The molecule has 0 spiro atoms. The van der Waals surface area contributed by atoms with Gasteiger partial charge in [-0.2, -0.15) is 0 Å². The van der Waals surface area contributed by atoms with E-state index >= 15 is 0 Å². The highest BCUT2D eigenvalue weighted by molar-refractivity contribution is 6.05. The number of ketones is 1. The number of benzene rings is 4. The summed E-state index contributed by atoms with van der Waals surface area (Å²) < 4.78 is 29.0. The second kappa shape index (κ2) is 11.9. The van der Waals surface area contributed by atoms with Crippen molar-refractivity contribution >= 4 is 23.1 Å². The van der Waals surface area contributed by atoms with Crippen LogP contribution in [0.1, 0.15) is 44.1 Å². The Morgan fingerprint density at radius 3 is 2.36 bits per heavy atom. The Bertz CT molecular complexity index is 1930. The Morgan fingerprint density at radius 2 is 1.62 bits per heavy atom. The van der Waals surface area contributed by atoms with Crippen LogP contribution >= 0.6 is 0 Å². The van der Waals surface area contributed by atoms with Crippen molar-refractivity contribution in [3.63, 3.8) is 0 Å². The zero-order valence-corrected chi connectivity index (χ0v) is 24.4. The van der Waals surface area contributed by atoms with Gasteiger partial charge in [0.1, 0.15) is 29.4 Å². The van der Waals surface area contributed by atoms with Crippen LogP contribution in [0.3, 0.4) is 0 Å². The van der Waals surface area contributed by atoms with Crippen LogP contribution in [-0.4, -0.2) is 63.0 Å². The predicted octanol–water partition coefficient (Wildman–Crippen LogP) is 3.72. The first-order chi connectivity index (χ1) is 22.4. The average Bonchev–Trinajstić information content (AvgIpc) is 3.04. The van der Waals surface area contributed by atoms with Gasteiger partial charge in [0.25, 0.3) is 5.69 Å². The lowest BCUT2D eigenvalue weighted by molar-refractivity contribution is -0.384. The summed E-state index contributed by atoms with van der Waals surface area (Å²) in [6, 6.07) is 14.4. The van der Waals surface area contributed by atoms with E-state index in [1.54, 1.807) is 6.07 Å². The molecule has 0 saturated carbocycles. The third-order valence-electron chi connectivity index (χ3n) is 7.59. The third kappa shape index (κ3) is 5.82. The van der Waals surface area contributed by atoms with E-state index in [-0.39, 0.29) is 69.2 Å². The fourth-order valence-corrected chi connectivity index (χ4v) is 5.37. The van der Waals surface area contributed by atoms with Crippen LogP contribution < -0.4 is 24.7 Å². The standard InChI is InChI=1S/C32H26N2O13/c1-43-23-8-14(2-4-20(23)36)30-26(13-44-32(40)16-6-17(33)10-18(7-16)34(41)42)45-22-5-3-15(9-24(22)46-30)31-29(39)28(38)27-21(37)11-19(35)12-25(27)47-31/h2-12,26,29-31,35-37,39H,13,33H2,1H3/t26?,29-,30?,31+/m0/s1. The van der Waals surface area contributed by atoms with Crippen LogP contribution in [0.5, 0.6) is 40.2 Å². The van der Waals surface area contributed by atoms with Crippen molar-refractivity contribution in [1.29, 1.82) is 0 Å². The number of nitro groups is 1. The molecule has 4 aromatic carbocycles. The summed E-state index contributed by atoms with van der Waals surface area (Å²) in [5, 5.41) is 52.3. The Morgan fingerprint density at radius 1 is 0.894 bits per heavy atom. The van der Waals surface area contributed by atoms with E-state index in [2.05, 4.69) is 0 Å². The van der Waals surface area contributed by atoms with Gasteiger partial charge in [-0.1, -0.05) is 12.1 Å². The molecule has 0 fully saturated rings. The molecule has 15 nitrogen and oxygen atoms in total. The number of anilines is 1. The minimum atomic E-state index is -1.72. The monoisotopic (exact) mass is 646 g/mol. The largest absolute Gasteiger partial charge is 0.508 e. The number of aliphatic hydroxyl groups excluding tert-OH is 1. The quantitative estimate of drug-likeness (QED) is 0.0834. The number of methoxy groups -OCH3 is 1. The minimum Gasteiger partial charge on any atom is -0.508 e. The van der Waals surface area contributed by atoms with Gasteiger partial charge < -0.3 is 49.8 Å². The zero-order chi connectivity index (χ0) is 33.6. The average molecular weight is 647 g/mol. The second-order valence-corrected chi connectivity index (χ2v) is 10.7. The van der Waals surface area contributed by atoms with Gasteiger partial charge in [-0.3, -0.25) is 14.9 Å². The Hall–Kier alpha value is -6.22. The smallest absolute Gasteiger partial charge is 0.338 e. The number of nitrogens with zero attached hydrogens (tertiary/aromatic N) is 1. The van der Waals surface area contributed by atoms with Gasteiger partial charge in [0.15, 0.2) is 47.4 Å². The maximum Gasteiger partial charge on any atom is 0.338 e. The van der Waals surface area contributed by atoms with Crippen LogP contribution in [-0.2, 0) is 4.74 Å². The van der Waals surface area contributed by atoms with Crippen LogP contribution in [0, 0.1) is 10.1 Å². The molecule has 6 rings (SSSR count). The lowest BCUT2D eigenvalue weighted by Gasteiger charge is -2.35. The number of nitro benzene ring substituents is 1. The Labute approximate surface area is 265 Å². The fraction of sp³-hybridized carbons (Fsp3) is 0.188. The second-order valence-electron chi connectivity index (χ2n) is 10.7. The number of fused-ring (bicyclic) bond motifs is 2. The van der Waals surface area contributed by atoms with Crippen LogP contribution in [0.2, 0.25) is 0 Å². The molecule has 2 aliphatic rings. The Kier molecular flexibility index (Phi) is 7.82. The van der Waals surface area contributed by atoms with Crippen molar-refractivity contribution in [1.82, 2.24) is 0 Å². The zero-order valence-electron chi connectivity index (χ0n) is 24.4. The molecule has 242 valence electrons. The normalized spacial score (nSPS) is 19.7. The van der Waals surface area contributed by atoms with E-state index in [0.29, 0.717) is 5.56 Å². The molecule has 15 heteroatoms. The van der Waals surface area contributed by atoms with Crippen LogP contribution in [0.15, 0.2) is 66.7 Å². The number of carbonyl (C=O) groups is 2. The van der Waals surface area contributed by atoms with Crippen molar-refractivity contribution in [2.45, 2.75) is 24.4 Å². The molecule has 0 aliphatic carbocycles. The number of non-ortho nitro benzene ring substituents is 1. The molecular weight excluding hydrogens is 620 g/mol. The Balaban J connectivity index is 1.31. The van der Waals surface area contributed by atoms with Crippen molar-refractivity contribution < 1.29 is 58.6 Å². The summed E-state index contributed by atoms with van der Waals surface area (Å²) in [7, 11) is 1.36. The highest BCUT2D eigenvalue weighted by Gasteiger charge is 2.41. The van der Waals surface area contributed by atoms with E-state index in [4.69, 9.17) is 29.4 Å². The number of aliphatic hydroxyl groups is 1. The number of hydrogen-bond donors (Lipinski definition) is 5. The lowest BCUT2D eigenvalue weighted by atomic mass is 9.92. The van der Waals surface area contributed by atoms with Gasteiger partial charge in [-0.25, -0.2) is 4.79 Å². The van der Waals surface area contributed by atoms with E-state index < -0.39 is 46.8 Å². The molecule has 0 bridgehead atoms. The molecular formula is C32H26N2O13. The first-order valence-corrected chi connectivity index (χ1v) is 13.9. The van der Waals surface area contributed by atoms with Gasteiger partial charge in [0.2, 0.25) is 5.78 Å². The molecule has 6 N–H and O–H groups in total. The number of ether oxygens (including phenoxy) is 5. The predicted molar refractivity (Wildman–Crippen MR) is 160 cm³/mol. The number of phenolic OH excluding ortho intramolecular Hbond substituents is 3. The number of rotatable bonds is 7. The van der Waals surface area contributed by atoms with E-state index in [1.807, 2.05) is 0 Å². The summed E-state index contributed by atoms with van der Waals surface area (Å²) in [4.78, 5) is 36.4. The number of phenols is 3. The van der Waals surface area contributed by atoms with Gasteiger partial charge in [-0.05, 0) is 35.9 Å². The number of nitrogens with two attached hydrogens (primary N) is 1. The van der Waals surface area contributed by atoms with Crippen molar-refractivity contribution in [2.75, 3.05) is 19.5 Å². The highest BCUT2D eigenvalue weighted by atomic mass is 16.6. The van der Waals surface area contributed by atoms with Gasteiger partial charge in [0.05, 0.1) is 17.6 Å². The number of aromatic hydroxyl groups is 3. The summed E-state index contributed by atoms with van der Waals surface area (Å²) in [5.41, 5.74) is 5.65. The van der Waals surface area contributed by atoms with E-state index in [0.717, 1.165) is 24.3 Å². The van der Waals surface area contributed by atoms with Crippen molar-refractivity contribution in [2.24, 2.45) is 0 Å². The topological polar surface area (TPSA) is 230 Å². The van der Waals surface area contributed by atoms with Crippen LogP contribution in [0.4, 0.5) is 11.4 Å². The number of nitrogen functional groups attached to an aromatic ring is 1. The molecule has 0 saturated heterocycles. The molecule has 0 aromatic heterocycles. The van der Waals surface area contributed by atoms with Gasteiger partial charge in [-0.15, -0.1) is 0 Å². The molecule has 4 atom stereocenters. The summed E-state index contributed by atoms with van der Waals surface area (Å²) >= 11 is 0. The van der Waals surface area contributed by atoms with E-state index in [9.17, 15) is 40.1 Å². The summed E-state index contributed by atoms with van der Waals surface area (Å²) in [6.45, 7) is -0.390. The van der Waals surface area contributed by atoms with Gasteiger partial charge >= 0.3 is 5.97 Å². The number of carbonyl (C=O) groups excluding carboxylic acids is 2. The maximum atomic E-state index is 12.9. The fourth-order valence-electron chi connectivity index (χ4n) is 5.37. The number of Topliss-reactive ketones (excluding diaryl/α,β-unsaturated/α-hetero) is 1. The molecule has 2 unspecified atom stereocenters. The molecule has 2 heterocycles. The first kappa shape index (κ1) is 30.8. The van der Waals surface area contributed by atoms with Crippen LogP contribution in [0.25, 0.3) is 0 Å². The van der Waals surface area contributed by atoms with Gasteiger partial charge in [0, 0.05) is 35.5 Å². The molecule has 47 heavy (non-hydrogen) atoms. The van der Waals surface area contributed by atoms with Crippen molar-refractivity contribution in [3.8, 4) is 40.2 Å². The maximum absolute atomic E-state index is 12.9. The molecule has 0 amide bonds. The SMILES string of the molecule is COc1cc(C2Oc3cc([C@H]4Oc5cc(O)cc(O)c5C(=O)[C@@H]4O)ccc3OC2COC(=O)c2cc(N)cc([N+](=O)[O-])c2)ccc1O. The first-order valence-electron chi connectivity index (χ1n) is 13.9. The molecule has 2 aliphatic heterocycles. The summed E-state index contributed by atoms with van der Waals surface area (Å²) in [5.74, 6) is -2.41. The molecule has 4 aromatic rings. The number of esters is 1. The lowest BCUT2D eigenvalue weighted by Crippen LogP contribution is -2.38. The minimum absolute atomic E-state index is 0.00643. The molecule has 0 radical (unpaired) electrons. The number of hydrogen-bond acceptors (Lipinski definition) is 14. The third-order valence-corrected chi connectivity index (χ3v) is 7.59. The summed E-state index contributed by atoms with van der Waals surface area (Å²) in [6.07, 6.45) is -4.94. The van der Waals surface area contributed by atoms with Crippen molar-refractivity contribution in [3.05, 3.63) is 99.1 Å². The van der Waals surface area contributed by atoms with E-state index in [1.165, 1.54) is 43.5 Å². The highest BCUT2D eigenvalue weighted by Crippen LogP contribution is 2.46.